The van der Waals surface area contributed by atoms with Crippen LogP contribution in [-0.4, -0.2) is 12.7 Å². The summed E-state index contributed by atoms with van der Waals surface area (Å²) in [5, 5.41) is 0.110. The van der Waals surface area contributed by atoms with E-state index >= 15 is 0 Å². The van der Waals surface area contributed by atoms with Gasteiger partial charge in [-0.1, -0.05) is 18.2 Å². The van der Waals surface area contributed by atoms with Gasteiger partial charge in [-0.2, -0.15) is 0 Å². The van der Waals surface area contributed by atoms with Gasteiger partial charge < -0.3 is 4.74 Å². The van der Waals surface area contributed by atoms with E-state index in [0.717, 1.165) is 13.0 Å². The molecule has 0 N–H and O–H groups in total. The van der Waals surface area contributed by atoms with Gasteiger partial charge in [-0.3, -0.25) is 0 Å². The zero-order valence-corrected chi connectivity index (χ0v) is 11.0. The largest absolute Gasteiger partial charge is 0.378 e. The number of aryl methyl sites for hydroxylation is 2. The molecule has 17 heavy (non-hydrogen) atoms. The fourth-order valence-electron chi connectivity index (χ4n) is 3.14. The minimum Gasteiger partial charge on any atom is -0.378 e. The first-order valence-electron chi connectivity index (χ1n) is 6.63. The van der Waals surface area contributed by atoms with Gasteiger partial charge in [-0.05, 0) is 49.3 Å². The van der Waals surface area contributed by atoms with Crippen molar-refractivity contribution < 1.29 is 4.74 Å². The molecule has 0 saturated carbocycles. The number of fused-ring (bicyclic) bond motifs is 1. The molecule has 1 heterocycles. The van der Waals surface area contributed by atoms with Crippen LogP contribution in [0.1, 0.15) is 41.8 Å². The highest BCUT2D eigenvalue weighted by Crippen LogP contribution is 2.39. The SMILES string of the molecule is CC1OCCC1C(Cl)c1ccc2c(c1)CCC2. The van der Waals surface area contributed by atoms with Crippen LogP contribution in [0, 0.1) is 5.92 Å². The highest BCUT2D eigenvalue weighted by Gasteiger charge is 2.31. The molecule has 2 heteroatoms. The Labute approximate surface area is 108 Å². The lowest BCUT2D eigenvalue weighted by molar-refractivity contribution is 0.105. The minimum absolute atomic E-state index is 0.110. The zero-order valence-electron chi connectivity index (χ0n) is 10.3. The third-order valence-corrected chi connectivity index (χ3v) is 4.83. The van der Waals surface area contributed by atoms with Gasteiger partial charge >= 0.3 is 0 Å². The maximum absolute atomic E-state index is 6.63. The van der Waals surface area contributed by atoms with Crippen molar-refractivity contribution in [3.8, 4) is 0 Å². The van der Waals surface area contributed by atoms with Crippen molar-refractivity contribution in [3.63, 3.8) is 0 Å². The van der Waals surface area contributed by atoms with E-state index in [0.29, 0.717) is 12.0 Å². The predicted octanol–water partition coefficient (Wildman–Crippen LogP) is 3.88. The Hall–Kier alpha value is -0.530. The Morgan fingerprint density at radius 1 is 1.29 bits per heavy atom. The van der Waals surface area contributed by atoms with Crippen LogP contribution in [0.3, 0.4) is 0 Å². The fourth-order valence-corrected chi connectivity index (χ4v) is 3.61. The molecule has 3 atom stereocenters. The first kappa shape index (κ1) is 11.6. The van der Waals surface area contributed by atoms with E-state index in [4.69, 9.17) is 16.3 Å². The summed E-state index contributed by atoms with van der Waals surface area (Å²) in [5.74, 6) is 0.469. The van der Waals surface area contributed by atoms with Crippen molar-refractivity contribution in [3.05, 3.63) is 34.9 Å². The summed E-state index contributed by atoms with van der Waals surface area (Å²) in [6.45, 7) is 3.00. The van der Waals surface area contributed by atoms with Gasteiger partial charge in [0.05, 0.1) is 11.5 Å². The molecule has 0 amide bonds. The van der Waals surface area contributed by atoms with Crippen LogP contribution in [0.25, 0.3) is 0 Å². The molecule has 3 unspecified atom stereocenters. The van der Waals surface area contributed by atoms with Crippen molar-refractivity contribution >= 4 is 11.6 Å². The van der Waals surface area contributed by atoms with Gasteiger partial charge in [0, 0.05) is 12.5 Å². The van der Waals surface area contributed by atoms with E-state index in [2.05, 4.69) is 25.1 Å². The average Bonchev–Trinajstić information content (AvgIpc) is 2.95. The van der Waals surface area contributed by atoms with Crippen molar-refractivity contribution in [2.75, 3.05) is 6.61 Å². The Morgan fingerprint density at radius 3 is 2.88 bits per heavy atom. The number of ether oxygens (including phenoxy) is 1. The monoisotopic (exact) mass is 250 g/mol. The van der Waals surface area contributed by atoms with Crippen molar-refractivity contribution in [2.24, 2.45) is 5.92 Å². The number of alkyl halides is 1. The van der Waals surface area contributed by atoms with Gasteiger partial charge in [0.15, 0.2) is 0 Å². The normalized spacial score (nSPS) is 29.3. The highest BCUT2D eigenvalue weighted by molar-refractivity contribution is 6.21. The molecule has 1 aliphatic carbocycles. The zero-order chi connectivity index (χ0) is 11.8. The van der Waals surface area contributed by atoms with Crippen LogP contribution in [0.4, 0.5) is 0 Å². The maximum Gasteiger partial charge on any atom is 0.0639 e. The molecule has 1 fully saturated rings. The van der Waals surface area contributed by atoms with E-state index in [1.165, 1.54) is 36.0 Å². The molecular formula is C15H19ClO. The summed E-state index contributed by atoms with van der Waals surface area (Å²) >= 11 is 6.63. The Kier molecular flexibility index (Phi) is 3.14. The van der Waals surface area contributed by atoms with Crippen LogP contribution in [0.15, 0.2) is 18.2 Å². The second kappa shape index (κ2) is 4.62. The van der Waals surface area contributed by atoms with Crippen molar-refractivity contribution in [1.82, 2.24) is 0 Å². The predicted molar refractivity (Wildman–Crippen MR) is 70.6 cm³/mol. The molecule has 2 aliphatic rings. The lowest BCUT2D eigenvalue weighted by atomic mass is 9.92. The molecule has 0 aromatic heterocycles. The van der Waals surface area contributed by atoms with Crippen LogP contribution in [0.5, 0.6) is 0 Å². The number of rotatable bonds is 2. The Morgan fingerprint density at radius 2 is 2.12 bits per heavy atom. The maximum atomic E-state index is 6.63. The lowest BCUT2D eigenvalue weighted by Crippen LogP contribution is -2.16. The summed E-state index contributed by atoms with van der Waals surface area (Å²) in [5.41, 5.74) is 4.32. The van der Waals surface area contributed by atoms with Gasteiger partial charge in [-0.15, -0.1) is 11.6 Å². The summed E-state index contributed by atoms with van der Waals surface area (Å²) in [7, 11) is 0. The molecule has 0 spiro atoms. The van der Waals surface area contributed by atoms with Crippen LogP contribution in [-0.2, 0) is 17.6 Å². The molecule has 0 bridgehead atoms. The molecule has 1 aliphatic heterocycles. The fraction of sp³-hybridized carbons (Fsp3) is 0.600. The van der Waals surface area contributed by atoms with E-state index < -0.39 is 0 Å². The summed E-state index contributed by atoms with van der Waals surface area (Å²) in [4.78, 5) is 0. The van der Waals surface area contributed by atoms with Gasteiger partial charge in [0.1, 0.15) is 0 Å². The first-order chi connectivity index (χ1) is 8.25. The average molecular weight is 251 g/mol. The van der Waals surface area contributed by atoms with Crippen molar-refractivity contribution in [1.29, 1.82) is 0 Å². The quantitative estimate of drug-likeness (QED) is 0.724. The second-order valence-corrected chi connectivity index (χ2v) is 5.78. The molecule has 0 radical (unpaired) electrons. The smallest absolute Gasteiger partial charge is 0.0639 e. The van der Waals surface area contributed by atoms with Crippen LogP contribution >= 0.6 is 11.6 Å². The Bertz CT molecular complexity index is 415. The standard InChI is InChI=1S/C15H19ClO/c1-10-14(7-8-17-10)15(16)13-6-5-11-3-2-4-12(11)9-13/h5-6,9-10,14-15H,2-4,7-8H2,1H3. The first-order valence-corrected chi connectivity index (χ1v) is 7.07. The minimum atomic E-state index is 0.110. The third kappa shape index (κ3) is 2.11. The third-order valence-electron chi connectivity index (χ3n) is 4.25. The van der Waals surface area contributed by atoms with Crippen LogP contribution < -0.4 is 0 Å². The molecule has 1 nitrogen and oxygen atoms in total. The van der Waals surface area contributed by atoms with Crippen molar-refractivity contribution in [2.45, 2.75) is 44.1 Å². The molecule has 1 aromatic rings. The van der Waals surface area contributed by atoms with E-state index in [9.17, 15) is 0 Å². The van der Waals surface area contributed by atoms with E-state index in [-0.39, 0.29) is 5.38 Å². The summed E-state index contributed by atoms with van der Waals surface area (Å²) in [6, 6.07) is 6.81. The number of hydrogen-bond donors (Lipinski definition) is 0. The van der Waals surface area contributed by atoms with Gasteiger partial charge in [0.2, 0.25) is 0 Å². The molecule has 3 rings (SSSR count). The second-order valence-electron chi connectivity index (χ2n) is 5.31. The summed E-state index contributed by atoms with van der Waals surface area (Å²) in [6.07, 6.45) is 5.15. The topological polar surface area (TPSA) is 9.23 Å². The van der Waals surface area contributed by atoms with E-state index in [1.54, 1.807) is 0 Å². The molecule has 92 valence electrons. The molecule has 1 aromatic carbocycles. The number of halogens is 1. The lowest BCUT2D eigenvalue weighted by Gasteiger charge is -2.21. The number of benzene rings is 1. The number of hydrogen-bond acceptors (Lipinski definition) is 1. The van der Waals surface area contributed by atoms with Gasteiger partial charge in [0.25, 0.3) is 0 Å². The molecule has 1 saturated heterocycles. The summed E-state index contributed by atoms with van der Waals surface area (Å²) < 4.78 is 5.62. The van der Waals surface area contributed by atoms with E-state index in [1.807, 2.05) is 0 Å². The highest BCUT2D eigenvalue weighted by atomic mass is 35.5. The van der Waals surface area contributed by atoms with Crippen LogP contribution in [0.2, 0.25) is 0 Å². The Balaban J connectivity index is 1.83. The van der Waals surface area contributed by atoms with Gasteiger partial charge in [-0.25, -0.2) is 0 Å². The molecular weight excluding hydrogens is 232 g/mol.